The van der Waals surface area contributed by atoms with Crippen molar-refractivity contribution >= 4 is 29.2 Å². The van der Waals surface area contributed by atoms with Gasteiger partial charge in [-0.1, -0.05) is 18.2 Å². The quantitative estimate of drug-likeness (QED) is 0.520. The van der Waals surface area contributed by atoms with Gasteiger partial charge in [-0.25, -0.2) is 9.59 Å². The van der Waals surface area contributed by atoms with Crippen molar-refractivity contribution in [1.82, 2.24) is 0 Å². The van der Waals surface area contributed by atoms with Crippen LogP contribution in [-0.4, -0.2) is 38.7 Å². The van der Waals surface area contributed by atoms with Crippen molar-refractivity contribution in [1.29, 1.82) is 0 Å². The molecule has 0 aliphatic carbocycles. The minimum absolute atomic E-state index is 0.169. The highest BCUT2D eigenvalue weighted by molar-refractivity contribution is 6.09. The highest BCUT2D eigenvalue weighted by Crippen LogP contribution is 2.22. The Kier molecular flexibility index (Phi) is 7.78. The van der Waals surface area contributed by atoms with Crippen molar-refractivity contribution in [2.75, 3.05) is 31.5 Å². The Morgan fingerprint density at radius 1 is 0.966 bits per heavy atom. The summed E-state index contributed by atoms with van der Waals surface area (Å²) in [5.41, 5.74) is 0.951. The van der Waals surface area contributed by atoms with Crippen molar-refractivity contribution < 1.29 is 28.6 Å². The molecule has 0 saturated heterocycles. The molecule has 152 valence electrons. The number of para-hydroxylation sites is 1. The van der Waals surface area contributed by atoms with E-state index in [1.54, 1.807) is 48.5 Å². The maximum atomic E-state index is 12.8. The first kappa shape index (κ1) is 21.5. The first-order valence-electron chi connectivity index (χ1n) is 8.76. The fourth-order valence-electron chi connectivity index (χ4n) is 2.40. The summed E-state index contributed by atoms with van der Waals surface area (Å²) in [6, 6.07) is 13.5. The van der Waals surface area contributed by atoms with Gasteiger partial charge in [-0.05, 0) is 31.2 Å². The number of methoxy groups -OCH3 is 2. The minimum atomic E-state index is -0.782. The van der Waals surface area contributed by atoms with Crippen LogP contribution in [0.25, 0.3) is 0 Å². The van der Waals surface area contributed by atoms with Gasteiger partial charge in [-0.15, -0.1) is 0 Å². The number of carbonyl (C=O) groups excluding carboxylic acids is 3. The van der Waals surface area contributed by atoms with Crippen molar-refractivity contribution in [2.45, 2.75) is 6.92 Å². The molecule has 0 spiro atoms. The normalized spacial score (nSPS) is 10.7. The molecule has 2 aromatic rings. The van der Waals surface area contributed by atoms with Crippen LogP contribution in [0.15, 0.2) is 60.3 Å². The number of nitrogens with one attached hydrogen (secondary N) is 2. The number of rotatable bonds is 8. The van der Waals surface area contributed by atoms with Crippen molar-refractivity contribution in [2.24, 2.45) is 0 Å². The molecule has 0 bridgehead atoms. The largest absolute Gasteiger partial charge is 0.494 e. The van der Waals surface area contributed by atoms with E-state index in [0.29, 0.717) is 23.7 Å². The van der Waals surface area contributed by atoms with Gasteiger partial charge in [-0.3, -0.25) is 4.79 Å². The second-order valence-electron chi connectivity index (χ2n) is 5.66. The molecule has 8 heteroatoms. The molecule has 0 aliphatic rings. The Hall–Kier alpha value is -3.81. The number of hydrogen-bond donors (Lipinski definition) is 2. The molecular weight excluding hydrogens is 376 g/mol. The molecule has 0 fully saturated rings. The number of carbonyl (C=O) groups is 3. The smallest absolute Gasteiger partial charge is 0.354 e. The van der Waals surface area contributed by atoms with Crippen LogP contribution in [0, 0.1) is 0 Å². The zero-order valence-corrected chi connectivity index (χ0v) is 16.4. The van der Waals surface area contributed by atoms with Crippen LogP contribution in [0.1, 0.15) is 17.3 Å². The number of benzene rings is 2. The summed E-state index contributed by atoms with van der Waals surface area (Å²) in [6.07, 6.45) is 0.950. The maximum Gasteiger partial charge on any atom is 0.354 e. The lowest BCUT2D eigenvalue weighted by Crippen LogP contribution is -2.19. The van der Waals surface area contributed by atoms with Crippen molar-refractivity contribution in [3.8, 4) is 5.75 Å². The van der Waals surface area contributed by atoms with Gasteiger partial charge < -0.3 is 24.8 Å². The van der Waals surface area contributed by atoms with Crippen molar-refractivity contribution in [3.05, 3.63) is 65.9 Å². The molecule has 0 heterocycles. The molecule has 0 aromatic heterocycles. The summed E-state index contributed by atoms with van der Waals surface area (Å²) < 4.78 is 14.6. The first-order chi connectivity index (χ1) is 14.0. The Morgan fingerprint density at radius 3 is 2.41 bits per heavy atom. The molecule has 2 aromatic carbocycles. The van der Waals surface area contributed by atoms with Crippen LogP contribution in [0.5, 0.6) is 5.75 Å². The van der Waals surface area contributed by atoms with Gasteiger partial charge >= 0.3 is 11.9 Å². The predicted molar refractivity (Wildman–Crippen MR) is 108 cm³/mol. The molecule has 0 unspecified atom stereocenters. The molecule has 1 amide bonds. The summed E-state index contributed by atoms with van der Waals surface area (Å²) >= 11 is 0. The Morgan fingerprint density at radius 2 is 1.72 bits per heavy atom. The topological polar surface area (TPSA) is 103 Å². The zero-order chi connectivity index (χ0) is 21.2. The lowest BCUT2D eigenvalue weighted by molar-refractivity contribution is -0.138. The highest BCUT2D eigenvalue weighted by Gasteiger charge is 2.17. The van der Waals surface area contributed by atoms with E-state index in [1.807, 2.05) is 6.92 Å². The van der Waals surface area contributed by atoms with Crippen LogP contribution < -0.4 is 15.4 Å². The fraction of sp³-hybridized carbons (Fsp3) is 0.190. The molecule has 0 radical (unpaired) electrons. The van der Waals surface area contributed by atoms with Crippen LogP contribution in [0.4, 0.5) is 11.4 Å². The Balaban J connectivity index is 2.28. The number of esters is 2. The average molecular weight is 398 g/mol. The number of ether oxygens (including phenoxy) is 3. The van der Waals surface area contributed by atoms with E-state index in [-0.39, 0.29) is 11.3 Å². The maximum absolute atomic E-state index is 12.8. The predicted octanol–water partition coefficient (Wildman–Crippen LogP) is 2.98. The van der Waals surface area contributed by atoms with Crippen molar-refractivity contribution in [3.63, 3.8) is 0 Å². The lowest BCUT2D eigenvalue weighted by Gasteiger charge is -2.14. The minimum Gasteiger partial charge on any atom is -0.494 e. The van der Waals surface area contributed by atoms with Gasteiger partial charge in [0.25, 0.3) is 5.91 Å². The van der Waals surface area contributed by atoms with E-state index < -0.39 is 17.8 Å². The first-order valence-corrected chi connectivity index (χ1v) is 8.76. The molecule has 29 heavy (non-hydrogen) atoms. The van der Waals surface area contributed by atoms with Gasteiger partial charge in [0.15, 0.2) is 0 Å². The van der Waals surface area contributed by atoms with Gasteiger partial charge in [0.2, 0.25) is 0 Å². The number of hydrogen-bond acceptors (Lipinski definition) is 7. The standard InChI is InChI=1S/C21H22N2O6/c1-4-29-15-9-7-8-14(12-15)22-20(25)16-10-5-6-11-17(16)23-18(21(26)28-3)13-19(24)27-2/h5-13,23H,4H2,1-3H3,(H,22,25)/b18-13+. The Labute approximate surface area is 168 Å². The van der Waals surface area contributed by atoms with Gasteiger partial charge in [-0.2, -0.15) is 0 Å². The third-order valence-corrected chi connectivity index (χ3v) is 3.71. The summed E-state index contributed by atoms with van der Waals surface area (Å²) in [5.74, 6) is -1.31. The zero-order valence-electron chi connectivity index (χ0n) is 16.4. The lowest BCUT2D eigenvalue weighted by atomic mass is 10.1. The third kappa shape index (κ3) is 6.10. The van der Waals surface area contributed by atoms with Gasteiger partial charge in [0.05, 0.1) is 38.2 Å². The molecule has 8 nitrogen and oxygen atoms in total. The molecular formula is C21H22N2O6. The summed E-state index contributed by atoms with van der Waals surface area (Å²) in [4.78, 5) is 36.3. The number of anilines is 2. The van der Waals surface area contributed by atoms with Crippen LogP contribution in [0.3, 0.4) is 0 Å². The highest BCUT2D eigenvalue weighted by atomic mass is 16.5. The fourth-order valence-corrected chi connectivity index (χ4v) is 2.40. The molecule has 2 rings (SSSR count). The molecule has 0 atom stereocenters. The van der Waals surface area contributed by atoms with E-state index >= 15 is 0 Å². The number of amides is 1. The van der Waals surface area contributed by atoms with E-state index in [1.165, 1.54) is 14.2 Å². The molecule has 0 saturated carbocycles. The monoisotopic (exact) mass is 398 g/mol. The Bertz CT molecular complexity index is 923. The summed E-state index contributed by atoms with van der Waals surface area (Å²) in [5, 5.41) is 5.54. The van der Waals surface area contributed by atoms with E-state index in [9.17, 15) is 14.4 Å². The van der Waals surface area contributed by atoms with E-state index in [0.717, 1.165) is 6.08 Å². The molecule has 0 aliphatic heterocycles. The van der Waals surface area contributed by atoms with Gasteiger partial charge in [0.1, 0.15) is 11.4 Å². The third-order valence-electron chi connectivity index (χ3n) is 3.71. The SMILES string of the molecule is CCOc1cccc(NC(=O)c2ccccc2N/C(=C/C(=O)OC)C(=O)OC)c1. The van der Waals surface area contributed by atoms with E-state index in [4.69, 9.17) is 4.74 Å². The van der Waals surface area contributed by atoms with Gasteiger partial charge in [0, 0.05) is 11.8 Å². The summed E-state index contributed by atoms with van der Waals surface area (Å²) in [7, 11) is 2.37. The second-order valence-corrected chi connectivity index (χ2v) is 5.66. The average Bonchev–Trinajstić information content (AvgIpc) is 2.73. The van der Waals surface area contributed by atoms with Crippen LogP contribution in [-0.2, 0) is 19.1 Å². The van der Waals surface area contributed by atoms with E-state index in [2.05, 4.69) is 20.1 Å². The van der Waals surface area contributed by atoms with Crippen LogP contribution in [0.2, 0.25) is 0 Å². The summed E-state index contributed by atoms with van der Waals surface area (Å²) in [6.45, 7) is 2.38. The second kappa shape index (κ2) is 10.5. The molecule has 2 N–H and O–H groups in total. The van der Waals surface area contributed by atoms with Crippen LogP contribution >= 0.6 is 0 Å².